The number of hydrogen-bond acceptors (Lipinski definition) is 4. The predicted octanol–water partition coefficient (Wildman–Crippen LogP) is 2.83. The molecule has 0 aliphatic rings. The molecule has 0 fully saturated rings. The van der Waals surface area contributed by atoms with Gasteiger partial charge in [0.1, 0.15) is 17.9 Å². The lowest BCUT2D eigenvalue weighted by Crippen LogP contribution is -2.31. The van der Waals surface area contributed by atoms with Gasteiger partial charge in [0.15, 0.2) is 0 Å². The zero-order valence-corrected chi connectivity index (χ0v) is 11.8. The minimum Gasteiger partial charge on any atom is -0.480 e. The zero-order valence-electron chi connectivity index (χ0n) is 11.1. The molecule has 0 radical (unpaired) electrons. The molecule has 2 N–H and O–H groups in total. The van der Waals surface area contributed by atoms with Crippen molar-refractivity contribution in [3.8, 4) is 6.07 Å². The van der Waals surface area contributed by atoms with Crippen molar-refractivity contribution in [2.45, 2.75) is 33.2 Å². The number of carboxylic acids is 1. The number of pyridine rings is 1. The highest BCUT2D eigenvalue weighted by molar-refractivity contribution is 6.31. The van der Waals surface area contributed by atoms with Crippen molar-refractivity contribution < 1.29 is 9.90 Å². The fraction of sp³-hybridized carbons (Fsp3) is 0.462. The minimum atomic E-state index is -0.966. The lowest BCUT2D eigenvalue weighted by atomic mass is 10.0. The topological polar surface area (TPSA) is 86.0 Å². The zero-order chi connectivity index (χ0) is 14.6. The number of nitrogens with zero attached hydrogens (tertiary/aromatic N) is 2. The van der Waals surface area contributed by atoms with Crippen molar-refractivity contribution in [1.29, 1.82) is 5.26 Å². The maximum atomic E-state index is 11.2. The minimum absolute atomic E-state index is 0.215. The summed E-state index contributed by atoms with van der Waals surface area (Å²) in [5.74, 6) is -0.489. The second kappa shape index (κ2) is 6.39. The van der Waals surface area contributed by atoms with Crippen molar-refractivity contribution in [3.63, 3.8) is 0 Å². The molecule has 0 unspecified atom stereocenters. The normalized spacial score (nSPS) is 12.0. The lowest BCUT2D eigenvalue weighted by molar-refractivity contribution is -0.138. The highest BCUT2D eigenvalue weighted by Crippen LogP contribution is 2.24. The Kier molecular flexibility index (Phi) is 5.13. The number of carboxylic acid groups (broad SMARTS) is 1. The molecule has 19 heavy (non-hydrogen) atoms. The summed E-state index contributed by atoms with van der Waals surface area (Å²) in [6, 6.07) is 1.22. The monoisotopic (exact) mass is 281 g/mol. The molecule has 0 aliphatic carbocycles. The van der Waals surface area contributed by atoms with E-state index in [4.69, 9.17) is 16.9 Å². The molecule has 0 saturated heterocycles. The summed E-state index contributed by atoms with van der Waals surface area (Å²) in [6.07, 6.45) is 1.86. The SMILES string of the molecule is Cc1c(Cl)cnc(N[C@H](CC(C)C)C(=O)O)c1C#N. The average molecular weight is 282 g/mol. The molecule has 1 aromatic rings. The van der Waals surface area contributed by atoms with Crippen LogP contribution in [0.25, 0.3) is 0 Å². The van der Waals surface area contributed by atoms with Gasteiger partial charge in [-0.15, -0.1) is 0 Å². The maximum Gasteiger partial charge on any atom is 0.326 e. The predicted molar refractivity (Wildman–Crippen MR) is 73.2 cm³/mol. The van der Waals surface area contributed by atoms with E-state index in [9.17, 15) is 9.90 Å². The van der Waals surface area contributed by atoms with Gasteiger partial charge in [-0.2, -0.15) is 5.26 Å². The number of aliphatic carboxylic acids is 1. The summed E-state index contributed by atoms with van der Waals surface area (Å²) >= 11 is 5.89. The van der Waals surface area contributed by atoms with Gasteiger partial charge in [0, 0.05) is 6.20 Å². The summed E-state index contributed by atoms with van der Waals surface area (Å²) < 4.78 is 0. The van der Waals surface area contributed by atoms with Gasteiger partial charge < -0.3 is 10.4 Å². The first-order valence-electron chi connectivity index (χ1n) is 5.91. The van der Waals surface area contributed by atoms with E-state index < -0.39 is 12.0 Å². The number of anilines is 1. The second-order valence-electron chi connectivity index (χ2n) is 4.73. The van der Waals surface area contributed by atoms with Crippen molar-refractivity contribution in [2.75, 3.05) is 5.32 Å². The number of hydrogen-bond donors (Lipinski definition) is 2. The first-order chi connectivity index (χ1) is 8.86. The second-order valence-corrected chi connectivity index (χ2v) is 5.14. The molecule has 1 aromatic heterocycles. The van der Waals surface area contributed by atoms with E-state index in [1.807, 2.05) is 19.9 Å². The van der Waals surface area contributed by atoms with E-state index in [0.29, 0.717) is 17.0 Å². The van der Waals surface area contributed by atoms with E-state index in [2.05, 4.69) is 10.3 Å². The Hall–Kier alpha value is -1.80. The van der Waals surface area contributed by atoms with Crippen LogP contribution in [-0.2, 0) is 4.79 Å². The quantitative estimate of drug-likeness (QED) is 0.867. The third kappa shape index (κ3) is 3.83. The molecule has 1 heterocycles. The molecular weight excluding hydrogens is 266 g/mol. The van der Waals surface area contributed by atoms with Gasteiger partial charge in [-0.3, -0.25) is 0 Å². The number of halogens is 1. The van der Waals surface area contributed by atoms with Crippen molar-refractivity contribution in [2.24, 2.45) is 5.92 Å². The van der Waals surface area contributed by atoms with E-state index in [1.165, 1.54) is 6.20 Å². The van der Waals surface area contributed by atoms with Crippen LogP contribution in [-0.4, -0.2) is 22.1 Å². The van der Waals surface area contributed by atoms with Crippen LogP contribution >= 0.6 is 11.6 Å². The number of carbonyl (C=O) groups is 1. The largest absolute Gasteiger partial charge is 0.480 e. The third-order valence-corrected chi connectivity index (χ3v) is 3.09. The van der Waals surface area contributed by atoms with E-state index >= 15 is 0 Å². The highest BCUT2D eigenvalue weighted by atomic mass is 35.5. The number of rotatable bonds is 5. The standard InChI is InChI=1S/C13H16ClN3O2/c1-7(2)4-11(13(18)19)17-12-9(5-15)8(3)10(14)6-16-12/h6-7,11H,4H2,1-3H3,(H,16,17)(H,18,19)/t11-/m1/s1. The Morgan fingerprint density at radius 3 is 2.74 bits per heavy atom. The summed E-state index contributed by atoms with van der Waals surface area (Å²) in [4.78, 5) is 15.2. The molecule has 0 amide bonds. The van der Waals surface area contributed by atoms with Gasteiger partial charge in [-0.05, 0) is 24.8 Å². The molecule has 1 atom stereocenters. The first-order valence-corrected chi connectivity index (χ1v) is 6.29. The van der Waals surface area contributed by atoms with Crippen LogP contribution < -0.4 is 5.32 Å². The van der Waals surface area contributed by atoms with Crippen LogP contribution in [0.1, 0.15) is 31.4 Å². The molecule has 6 heteroatoms. The lowest BCUT2D eigenvalue weighted by Gasteiger charge is -2.18. The Labute approximate surface area is 117 Å². The molecular formula is C13H16ClN3O2. The number of nitriles is 1. The molecule has 0 saturated carbocycles. The van der Waals surface area contributed by atoms with Gasteiger partial charge in [-0.25, -0.2) is 9.78 Å². The molecule has 0 aromatic carbocycles. The Balaban J connectivity index is 3.07. The molecule has 0 aliphatic heterocycles. The van der Waals surface area contributed by atoms with Crippen LogP contribution in [0.2, 0.25) is 5.02 Å². The summed E-state index contributed by atoms with van der Waals surface area (Å²) in [7, 11) is 0. The fourth-order valence-electron chi connectivity index (χ4n) is 1.68. The molecule has 102 valence electrons. The smallest absolute Gasteiger partial charge is 0.326 e. The van der Waals surface area contributed by atoms with Crippen LogP contribution in [0, 0.1) is 24.2 Å². The Morgan fingerprint density at radius 2 is 2.26 bits per heavy atom. The molecule has 1 rings (SSSR count). The van der Waals surface area contributed by atoms with Crippen molar-refractivity contribution in [3.05, 3.63) is 22.3 Å². The Morgan fingerprint density at radius 1 is 1.63 bits per heavy atom. The highest BCUT2D eigenvalue weighted by Gasteiger charge is 2.21. The van der Waals surface area contributed by atoms with Crippen LogP contribution in [0.5, 0.6) is 0 Å². The van der Waals surface area contributed by atoms with Gasteiger partial charge in [0.2, 0.25) is 0 Å². The van der Waals surface area contributed by atoms with Gasteiger partial charge in [0.25, 0.3) is 0 Å². The van der Waals surface area contributed by atoms with Crippen molar-refractivity contribution >= 4 is 23.4 Å². The number of nitrogens with one attached hydrogen (secondary N) is 1. The Bertz CT molecular complexity index is 523. The first kappa shape index (κ1) is 15.3. The van der Waals surface area contributed by atoms with E-state index in [1.54, 1.807) is 6.92 Å². The average Bonchev–Trinajstić information content (AvgIpc) is 2.32. The fourth-order valence-corrected chi connectivity index (χ4v) is 1.83. The van der Waals surface area contributed by atoms with Gasteiger partial charge in [-0.1, -0.05) is 25.4 Å². The molecule has 0 spiro atoms. The summed E-state index contributed by atoms with van der Waals surface area (Å²) in [5, 5.41) is 21.5. The summed E-state index contributed by atoms with van der Waals surface area (Å²) in [5.41, 5.74) is 0.873. The molecule has 0 bridgehead atoms. The molecule has 5 nitrogen and oxygen atoms in total. The maximum absolute atomic E-state index is 11.2. The number of aromatic nitrogens is 1. The van der Waals surface area contributed by atoms with Crippen LogP contribution in [0.4, 0.5) is 5.82 Å². The van der Waals surface area contributed by atoms with E-state index in [0.717, 1.165) is 0 Å². The van der Waals surface area contributed by atoms with Crippen molar-refractivity contribution in [1.82, 2.24) is 4.98 Å². The third-order valence-electron chi connectivity index (χ3n) is 2.70. The van der Waals surface area contributed by atoms with E-state index in [-0.39, 0.29) is 17.3 Å². The van der Waals surface area contributed by atoms with Gasteiger partial charge in [0.05, 0.1) is 10.6 Å². The summed E-state index contributed by atoms with van der Waals surface area (Å²) in [6.45, 7) is 5.57. The van der Waals surface area contributed by atoms with Crippen LogP contribution in [0.3, 0.4) is 0 Å². The van der Waals surface area contributed by atoms with Crippen LogP contribution in [0.15, 0.2) is 6.20 Å². The van der Waals surface area contributed by atoms with Gasteiger partial charge >= 0.3 is 5.97 Å².